The van der Waals surface area contributed by atoms with E-state index in [-0.39, 0.29) is 5.56 Å². The van der Waals surface area contributed by atoms with E-state index in [1.54, 1.807) is 25.2 Å². The molecule has 2 heterocycles. The number of rotatable bonds is 5. The van der Waals surface area contributed by atoms with E-state index in [1.165, 1.54) is 4.57 Å². The first-order valence-corrected chi connectivity index (χ1v) is 9.85. The smallest absolute Gasteiger partial charge is 0.262 e. The molecule has 1 N–H and O–H groups in total. The Morgan fingerprint density at radius 2 is 2.04 bits per heavy atom. The Labute approximate surface area is 174 Å². The molecule has 4 aromatic rings. The molecule has 0 saturated carbocycles. The van der Waals surface area contributed by atoms with Crippen LogP contribution in [0.1, 0.15) is 12.7 Å². The maximum absolute atomic E-state index is 12.6. The van der Waals surface area contributed by atoms with Crippen molar-refractivity contribution in [2.75, 3.05) is 11.9 Å². The normalized spacial score (nSPS) is 11.3. The minimum atomic E-state index is -0.104. The van der Waals surface area contributed by atoms with Crippen molar-refractivity contribution >= 4 is 49.9 Å². The average molecular weight is 463 g/mol. The number of para-hydroxylation sites is 1. The molecule has 0 fully saturated rings. The van der Waals surface area contributed by atoms with E-state index < -0.39 is 0 Å². The Hall–Kier alpha value is -2.58. The fourth-order valence-electron chi connectivity index (χ4n) is 3.16. The summed E-state index contributed by atoms with van der Waals surface area (Å²) in [4.78, 5) is 12.6. The quantitative estimate of drug-likeness (QED) is 0.485. The van der Waals surface area contributed by atoms with Gasteiger partial charge in [0.05, 0.1) is 34.2 Å². The van der Waals surface area contributed by atoms with E-state index in [9.17, 15) is 4.79 Å². The van der Waals surface area contributed by atoms with Gasteiger partial charge in [-0.2, -0.15) is 0 Å². The zero-order valence-corrected chi connectivity index (χ0v) is 17.6. The van der Waals surface area contributed by atoms with Crippen LogP contribution in [0.3, 0.4) is 0 Å². The third-order valence-electron chi connectivity index (χ3n) is 4.43. The van der Waals surface area contributed by atoms with Gasteiger partial charge in [0.2, 0.25) is 5.78 Å². The molecule has 0 atom stereocenters. The second-order valence-corrected chi connectivity index (χ2v) is 7.47. The second kappa shape index (κ2) is 7.44. The largest absolute Gasteiger partial charge is 0.491 e. The van der Waals surface area contributed by atoms with Crippen molar-refractivity contribution in [1.29, 1.82) is 0 Å². The molecule has 0 radical (unpaired) electrons. The molecule has 0 saturated heterocycles. The minimum Gasteiger partial charge on any atom is -0.491 e. The fourth-order valence-corrected chi connectivity index (χ4v) is 4.09. The summed E-state index contributed by atoms with van der Waals surface area (Å²) in [6.07, 6.45) is 0. The highest BCUT2D eigenvalue weighted by molar-refractivity contribution is 9.10. The summed E-state index contributed by atoms with van der Waals surface area (Å²) in [5, 5.41) is 13.0. The summed E-state index contributed by atoms with van der Waals surface area (Å²) in [5.74, 6) is 1.83. The number of hydrogen-bond donors (Lipinski definition) is 1. The van der Waals surface area contributed by atoms with Crippen molar-refractivity contribution in [3.8, 4) is 5.75 Å². The van der Waals surface area contributed by atoms with Crippen LogP contribution in [0.15, 0.2) is 45.7 Å². The maximum Gasteiger partial charge on any atom is 0.262 e. The molecule has 2 aromatic carbocycles. The first kappa shape index (κ1) is 18.8. The van der Waals surface area contributed by atoms with Gasteiger partial charge in [0.25, 0.3) is 5.56 Å². The molecule has 28 heavy (non-hydrogen) atoms. The Balaban J connectivity index is 1.80. The van der Waals surface area contributed by atoms with Gasteiger partial charge < -0.3 is 10.1 Å². The molecule has 0 aliphatic heterocycles. The lowest BCUT2D eigenvalue weighted by atomic mass is 10.2. The molecule has 0 unspecified atom stereocenters. The first-order valence-electron chi connectivity index (χ1n) is 8.68. The number of fused-ring (bicyclic) bond motifs is 3. The van der Waals surface area contributed by atoms with Crippen molar-refractivity contribution in [2.45, 2.75) is 13.5 Å². The van der Waals surface area contributed by atoms with E-state index in [1.807, 2.05) is 29.5 Å². The minimum absolute atomic E-state index is 0.104. The summed E-state index contributed by atoms with van der Waals surface area (Å²) in [5.41, 5.74) is 1.40. The molecule has 0 spiro atoms. The lowest BCUT2D eigenvalue weighted by Gasteiger charge is -2.14. The van der Waals surface area contributed by atoms with Crippen molar-refractivity contribution in [1.82, 2.24) is 19.2 Å². The molecular weight excluding hydrogens is 446 g/mol. The molecule has 144 valence electrons. The average Bonchev–Trinajstić information content (AvgIpc) is 3.11. The zero-order valence-electron chi connectivity index (χ0n) is 15.2. The third kappa shape index (κ3) is 3.12. The number of nitrogens with one attached hydrogen (secondary N) is 1. The number of hydrogen-bond acceptors (Lipinski definition) is 5. The summed E-state index contributed by atoms with van der Waals surface area (Å²) < 4.78 is 9.87. The Morgan fingerprint density at radius 3 is 2.82 bits per heavy atom. The van der Waals surface area contributed by atoms with Gasteiger partial charge >= 0.3 is 0 Å². The summed E-state index contributed by atoms with van der Waals surface area (Å²) in [6, 6.07) is 11.0. The predicted molar refractivity (Wildman–Crippen MR) is 113 cm³/mol. The number of aromatic nitrogens is 4. The van der Waals surface area contributed by atoms with Crippen LogP contribution in [-0.2, 0) is 13.6 Å². The molecule has 2 aromatic heterocycles. The topological polar surface area (TPSA) is 73.4 Å². The molecule has 4 rings (SSSR count). The van der Waals surface area contributed by atoms with E-state index in [0.717, 1.165) is 15.7 Å². The second-order valence-electron chi connectivity index (χ2n) is 6.18. The van der Waals surface area contributed by atoms with Crippen LogP contribution in [0.2, 0.25) is 5.02 Å². The standard InChI is InChI=1S/C19H17BrClN5O2/c1-3-28-17-13(20)8-11(21)9-14(17)22-10-16-23-24-19-25(2)18(27)12-6-4-5-7-15(12)26(16)19/h4-9,22H,3,10H2,1-2H3. The van der Waals surface area contributed by atoms with Crippen molar-refractivity contribution in [2.24, 2.45) is 7.05 Å². The van der Waals surface area contributed by atoms with Crippen LogP contribution in [-0.4, -0.2) is 25.8 Å². The number of halogens is 2. The van der Waals surface area contributed by atoms with Crippen LogP contribution in [0.5, 0.6) is 5.75 Å². The number of nitrogens with zero attached hydrogens (tertiary/aromatic N) is 4. The Bertz CT molecular complexity index is 1250. The monoisotopic (exact) mass is 461 g/mol. The van der Waals surface area contributed by atoms with E-state index in [4.69, 9.17) is 16.3 Å². The van der Waals surface area contributed by atoms with Gasteiger partial charge in [0, 0.05) is 12.1 Å². The number of benzene rings is 2. The summed E-state index contributed by atoms with van der Waals surface area (Å²) in [7, 11) is 1.69. The Kier molecular flexibility index (Phi) is 4.99. The van der Waals surface area contributed by atoms with Crippen molar-refractivity contribution in [3.05, 3.63) is 62.1 Å². The van der Waals surface area contributed by atoms with Gasteiger partial charge in [-0.25, -0.2) is 0 Å². The van der Waals surface area contributed by atoms with E-state index in [0.29, 0.717) is 40.9 Å². The van der Waals surface area contributed by atoms with Gasteiger partial charge in [0.1, 0.15) is 0 Å². The first-order chi connectivity index (χ1) is 13.5. The molecule has 0 aliphatic rings. The SMILES string of the molecule is CCOc1c(Br)cc(Cl)cc1NCc1nnc2n(C)c(=O)c3ccccc3n12. The molecule has 0 aliphatic carbocycles. The van der Waals surface area contributed by atoms with E-state index >= 15 is 0 Å². The van der Waals surface area contributed by atoms with Gasteiger partial charge in [-0.05, 0) is 47.1 Å². The van der Waals surface area contributed by atoms with Gasteiger partial charge in [-0.1, -0.05) is 23.7 Å². The van der Waals surface area contributed by atoms with Crippen LogP contribution >= 0.6 is 27.5 Å². The lowest BCUT2D eigenvalue weighted by Crippen LogP contribution is -2.20. The molecule has 9 heteroatoms. The highest BCUT2D eigenvalue weighted by atomic mass is 79.9. The molecular formula is C19H17BrClN5O2. The molecule has 0 bridgehead atoms. The third-order valence-corrected chi connectivity index (χ3v) is 5.23. The zero-order chi connectivity index (χ0) is 19.8. The molecule has 0 amide bonds. The summed E-state index contributed by atoms with van der Waals surface area (Å²) in [6.45, 7) is 2.81. The predicted octanol–water partition coefficient (Wildman–Crippen LogP) is 4.01. The highest BCUT2D eigenvalue weighted by Crippen LogP contribution is 2.36. The fraction of sp³-hybridized carbons (Fsp3) is 0.211. The van der Waals surface area contributed by atoms with Gasteiger partial charge in [-0.15, -0.1) is 10.2 Å². The van der Waals surface area contributed by atoms with Crippen LogP contribution in [0.4, 0.5) is 5.69 Å². The van der Waals surface area contributed by atoms with Crippen molar-refractivity contribution < 1.29 is 4.74 Å². The van der Waals surface area contributed by atoms with Crippen LogP contribution < -0.4 is 15.6 Å². The maximum atomic E-state index is 12.6. The number of aryl methyl sites for hydroxylation is 1. The number of anilines is 1. The van der Waals surface area contributed by atoms with Crippen molar-refractivity contribution in [3.63, 3.8) is 0 Å². The van der Waals surface area contributed by atoms with Gasteiger partial charge in [0.15, 0.2) is 11.6 Å². The van der Waals surface area contributed by atoms with E-state index in [2.05, 4.69) is 31.4 Å². The van der Waals surface area contributed by atoms with Crippen LogP contribution in [0, 0.1) is 0 Å². The number of ether oxygens (including phenoxy) is 1. The highest BCUT2D eigenvalue weighted by Gasteiger charge is 2.16. The Morgan fingerprint density at radius 1 is 1.25 bits per heavy atom. The summed E-state index contributed by atoms with van der Waals surface area (Å²) >= 11 is 9.68. The van der Waals surface area contributed by atoms with Crippen LogP contribution in [0.25, 0.3) is 16.7 Å². The molecule has 7 nitrogen and oxygen atoms in total. The lowest BCUT2D eigenvalue weighted by molar-refractivity contribution is 0.339. The van der Waals surface area contributed by atoms with Gasteiger partial charge in [-0.3, -0.25) is 13.8 Å².